The van der Waals surface area contributed by atoms with Crippen molar-refractivity contribution in [2.24, 2.45) is 0 Å². The predicted octanol–water partition coefficient (Wildman–Crippen LogP) is 2.22. The Morgan fingerprint density at radius 3 is 1.54 bits per heavy atom. The SMILES string of the molecule is CCCC(=O)OCC(OC(=O)CCC)(OC(=O)CCC)C(O)(S)S. The van der Waals surface area contributed by atoms with Gasteiger partial charge in [0.15, 0.2) is 6.61 Å². The van der Waals surface area contributed by atoms with Crippen molar-refractivity contribution in [1.82, 2.24) is 0 Å². The van der Waals surface area contributed by atoms with Crippen molar-refractivity contribution in [3.8, 4) is 0 Å². The highest BCUT2D eigenvalue weighted by Crippen LogP contribution is 2.36. The molecule has 0 aliphatic carbocycles. The van der Waals surface area contributed by atoms with Gasteiger partial charge in [-0.1, -0.05) is 20.8 Å². The topological polar surface area (TPSA) is 99.1 Å². The molecule has 0 spiro atoms. The summed E-state index contributed by atoms with van der Waals surface area (Å²) in [5.41, 5.74) is 0. The highest BCUT2D eigenvalue weighted by atomic mass is 32.2. The summed E-state index contributed by atoms with van der Waals surface area (Å²) in [6, 6.07) is 0. The largest absolute Gasteiger partial charge is 0.457 e. The molecule has 0 radical (unpaired) electrons. The van der Waals surface area contributed by atoms with E-state index in [4.69, 9.17) is 14.2 Å². The monoisotopic (exact) mass is 382 g/mol. The fourth-order valence-corrected chi connectivity index (χ4v) is 1.96. The fourth-order valence-electron chi connectivity index (χ4n) is 1.64. The third-order valence-corrected chi connectivity index (χ3v) is 3.54. The van der Waals surface area contributed by atoms with Gasteiger partial charge in [-0.15, -0.1) is 25.3 Å². The smallest absolute Gasteiger partial charge is 0.338 e. The summed E-state index contributed by atoms with van der Waals surface area (Å²) in [4.78, 5) is 35.4. The minimum atomic E-state index is -2.37. The van der Waals surface area contributed by atoms with Crippen LogP contribution in [0.2, 0.25) is 0 Å². The van der Waals surface area contributed by atoms with E-state index in [9.17, 15) is 19.5 Å². The van der Waals surface area contributed by atoms with E-state index in [-0.39, 0.29) is 19.3 Å². The van der Waals surface area contributed by atoms with Crippen molar-refractivity contribution in [3.63, 3.8) is 0 Å². The van der Waals surface area contributed by atoms with E-state index in [1.54, 1.807) is 20.8 Å². The zero-order chi connectivity index (χ0) is 18.8. The van der Waals surface area contributed by atoms with Gasteiger partial charge in [-0.2, -0.15) is 0 Å². The quantitative estimate of drug-likeness (QED) is 0.286. The van der Waals surface area contributed by atoms with E-state index in [1.165, 1.54) is 0 Å². The predicted molar refractivity (Wildman–Crippen MR) is 93.5 cm³/mol. The molecule has 0 fully saturated rings. The van der Waals surface area contributed by atoms with Crippen LogP contribution >= 0.6 is 25.3 Å². The standard InChI is InChI=1S/C15H26O7S2/c1-4-7-11(16)20-10-14(15(19,23)24,21-12(17)8-5-2)22-13(18)9-6-3/h19,23-24H,4-10H2,1-3H3. The van der Waals surface area contributed by atoms with Gasteiger partial charge < -0.3 is 19.3 Å². The van der Waals surface area contributed by atoms with E-state index >= 15 is 0 Å². The maximum absolute atomic E-state index is 11.9. The molecule has 0 unspecified atom stereocenters. The molecule has 0 saturated heterocycles. The van der Waals surface area contributed by atoms with E-state index in [1.807, 2.05) is 0 Å². The summed E-state index contributed by atoms with van der Waals surface area (Å²) >= 11 is 7.70. The van der Waals surface area contributed by atoms with Crippen molar-refractivity contribution in [2.45, 2.75) is 69.3 Å². The maximum atomic E-state index is 11.9. The van der Waals surface area contributed by atoms with Crippen LogP contribution in [0.4, 0.5) is 0 Å². The molecule has 0 saturated carbocycles. The first-order valence-corrected chi connectivity index (χ1v) is 8.77. The van der Waals surface area contributed by atoms with Crippen LogP contribution in [-0.2, 0) is 28.6 Å². The van der Waals surface area contributed by atoms with Crippen LogP contribution in [0.25, 0.3) is 0 Å². The number of carbonyl (C=O) groups is 3. The molecular weight excluding hydrogens is 356 g/mol. The van der Waals surface area contributed by atoms with Gasteiger partial charge in [-0.3, -0.25) is 14.4 Å². The van der Waals surface area contributed by atoms with Crippen LogP contribution < -0.4 is 0 Å². The first-order chi connectivity index (χ1) is 11.1. The third-order valence-electron chi connectivity index (χ3n) is 2.85. The van der Waals surface area contributed by atoms with Gasteiger partial charge in [-0.25, -0.2) is 0 Å². The molecule has 0 aliphatic rings. The van der Waals surface area contributed by atoms with Gasteiger partial charge in [0.05, 0.1) is 0 Å². The average Bonchev–Trinajstić information content (AvgIpc) is 2.44. The van der Waals surface area contributed by atoms with Crippen molar-refractivity contribution in [1.29, 1.82) is 0 Å². The number of thiol groups is 2. The average molecular weight is 383 g/mol. The molecule has 9 heteroatoms. The lowest BCUT2D eigenvalue weighted by atomic mass is 10.2. The second-order valence-corrected chi connectivity index (χ2v) is 6.89. The summed E-state index contributed by atoms with van der Waals surface area (Å²) in [5.74, 6) is -4.42. The molecule has 0 aliphatic heterocycles. The Labute approximate surface area is 153 Å². The zero-order valence-corrected chi connectivity index (χ0v) is 16.0. The molecule has 0 rings (SSSR count). The van der Waals surface area contributed by atoms with Gasteiger partial charge in [0.1, 0.15) is 0 Å². The first kappa shape index (κ1) is 23.1. The Morgan fingerprint density at radius 2 is 1.21 bits per heavy atom. The number of carbonyl (C=O) groups excluding carboxylic acids is 3. The van der Waals surface area contributed by atoms with Crippen molar-refractivity contribution in [3.05, 3.63) is 0 Å². The van der Waals surface area contributed by atoms with E-state index in [0.29, 0.717) is 19.3 Å². The second-order valence-electron chi connectivity index (χ2n) is 5.25. The molecule has 0 atom stereocenters. The number of ether oxygens (including phenoxy) is 3. The van der Waals surface area contributed by atoms with Crippen LogP contribution in [0.3, 0.4) is 0 Å². The van der Waals surface area contributed by atoms with Gasteiger partial charge in [0.2, 0.25) is 4.27 Å². The van der Waals surface area contributed by atoms with E-state index in [0.717, 1.165) is 0 Å². The lowest BCUT2D eigenvalue weighted by molar-refractivity contribution is -0.267. The fraction of sp³-hybridized carbons (Fsp3) is 0.800. The maximum Gasteiger partial charge on any atom is 0.338 e. The Balaban J connectivity index is 5.46. The molecule has 0 aromatic heterocycles. The Bertz CT molecular complexity index is 412. The molecule has 0 bridgehead atoms. The lowest BCUT2D eigenvalue weighted by Gasteiger charge is -2.38. The zero-order valence-electron chi connectivity index (χ0n) is 14.2. The molecule has 0 amide bonds. The summed E-state index contributed by atoms with van der Waals surface area (Å²) in [5, 5.41) is 10.2. The molecule has 0 heterocycles. The molecule has 0 aromatic rings. The van der Waals surface area contributed by atoms with E-state index in [2.05, 4.69) is 25.3 Å². The number of hydrogen-bond donors (Lipinski definition) is 3. The number of rotatable bonds is 11. The third kappa shape index (κ3) is 7.76. The van der Waals surface area contributed by atoms with E-state index < -0.39 is 34.6 Å². The van der Waals surface area contributed by atoms with Crippen LogP contribution in [-0.4, -0.2) is 39.7 Å². The lowest BCUT2D eigenvalue weighted by Crippen LogP contribution is -2.57. The molecule has 0 aromatic carbocycles. The van der Waals surface area contributed by atoms with Crippen molar-refractivity contribution in [2.75, 3.05) is 6.61 Å². The molecule has 7 nitrogen and oxygen atoms in total. The highest BCUT2D eigenvalue weighted by Gasteiger charge is 2.55. The van der Waals surface area contributed by atoms with Crippen molar-refractivity contribution < 1.29 is 33.7 Å². The second kappa shape index (κ2) is 10.8. The highest BCUT2D eigenvalue weighted by molar-refractivity contribution is 8.00. The Kier molecular flexibility index (Phi) is 10.4. The normalized spacial score (nSPS) is 11.8. The Morgan fingerprint density at radius 1 is 0.833 bits per heavy atom. The minimum Gasteiger partial charge on any atom is -0.457 e. The number of aliphatic hydroxyl groups is 1. The summed E-state index contributed by atoms with van der Waals surface area (Å²) in [6.07, 6.45) is 1.67. The van der Waals surface area contributed by atoms with Gasteiger partial charge in [0, 0.05) is 19.3 Å². The summed E-state index contributed by atoms with van der Waals surface area (Å²) in [6.45, 7) is 4.58. The summed E-state index contributed by atoms with van der Waals surface area (Å²) < 4.78 is 12.9. The van der Waals surface area contributed by atoms with Crippen LogP contribution in [0.15, 0.2) is 0 Å². The molecule has 140 valence electrons. The van der Waals surface area contributed by atoms with Gasteiger partial charge >= 0.3 is 23.7 Å². The van der Waals surface area contributed by atoms with Crippen LogP contribution in [0.1, 0.15) is 59.3 Å². The summed E-state index contributed by atoms with van der Waals surface area (Å²) in [7, 11) is 0. The van der Waals surface area contributed by atoms with Gasteiger partial charge in [-0.05, 0) is 19.3 Å². The van der Waals surface area contributed by atoms with Crippen LogP contribution in [0, 0.1) is 0 Å². The van der Waals surface area contributed by atoms with Crippen molar-refractivity contribution >= 4 is 43.2 Å². The Hall–Kier alpha value is -0.930. The minimum absolute atomic E-state index is 0.0214. The first-order valence-electron chi connectivity index (χ1n) is 7.88. The van der Waals surface area contributed by atoms with Crippen LogP contribution in [0.5, 0.6) is 0 Å². The number of hydrogen-bond acceptors (Lipinski definition) is 9. The number of esters is 3. The molecular formula is C15H26O7S2. The molecule has 1 N–H and O–H groups in total. The molecule has 24 heavy (non-hydrogen) atoms. The van der Waals surface area contributed by atoms with Gasteiger partial charge in [0.25, 0.3) is 0 Å².